The number of carboxylic acid groups (broad SMARTS) is 1. The van der Waals surface area contributed by atoms with Gasteiger partial charge in [0.25, 0.3) is 0 Å². The van der Waals surface area contributed by atoms with Crippen molar-refractivity contribution in [3.8, 4) is 0 Å². The van der Waals surface area contributed by atoms with E-state index < -0.39 is 5.97 Å². The highest BCUT2D eigenvalue weighted by Crippen LogP contribution is 2.16. The van der Waals surface area contributed by atoms with Crippen LogP contribution in [0.5, 0.6) is 0 Å². The first-order valence-corrected chi connectivity index (χ1v) is 8.28. The number of carboxylic acids is 1. The van der Waals surface area contributed by atoms with Crippen LogP contribution in [0.2, 0.25) is 0 Å². The zero-order chi connectivity index (χ0) is 15.7. The average molecular weight is 337 g/mol. The molecule has 1 saturated heterocycles. The zero-order valence-electron chi connectivity index (χ0n) is 14.3. The maximum Gasteiger partial charge on any atom is 0.317 e. The summed E-state index contributed by atoms with van der Waals surface area (Å²) >= 11 is 0. The van der Waals surface area contributed by atoms with Crippen molar-refractivity contribution in [1.29, 1.82) is 0 Å². The Labute approximate surface area is 141 Å². The number of nitrogens with zero attached hydrogens (tertiary/aromatic N) is 2. The van der Waals surface area contributed by atoms with Crippen LogP contribution in [0.1, 0.15) is 40.0 Å². The van der Waals surface area contributed by atoms with Gasteiger partial charge in [-0.2, -0.15) is 0 Å². The van der Waals surface area contributed by atoms with E-state index in [9.17, 15) is 4.79 Å². The van der Waals surface area contributed by atoms with Crippen molar-refractivity contribution < 1.29 is 14.6 Å². The predicted octanol–water partition coefficient (Wildman–Crippen LogP) is 2.34. The summed E-state index contributed by atoms with van der Waals surface area (Å²) in [5, 5.41) is 8.93. The molecule has 132 valence electrons. The van der Waals surface area contributed by atoms with Crippen LogP contribution in [0.3, 0.4) is 0 Å². The zero-order valence-corrected chi connectivity index (χ0v) is 15.1. The molecule has 0 aromatic rings. The Morgan fingerprint density at radius 1 is 1.32 bits per heavy atom. The van der Waals surface area contributed by atoms with E-state index in [0.717, 1.165) is 58.7 Å². The third-order valence-corrected chi connectivity index (χ3v) is 4.21. The lowest BCUT2D eigenvalue weighted by Crippen LogP contribution is -2.47. The van der Waals surface area contributed by atoms with Gasteiger partial charge in [-0.1, -0.05) is 20.8 Å². The second kappa shape index (κ2) is 12.1. The minimum atomic E-state index is -0.724. The van der Waals surface area contributed by atoms with E-state index in [2.05, 4.69) is 23.6 Å². The topological polar surface area (TPSA) is 53.0 Å². The molecule has 1 heterocycles. The van der Waals surface area contributed by atoms with Gasteiger partial charge in [0.15, 0.2) is 0 Å². The fourth-order valence-corrected chi connectivity index (χ4v) is 2.80. The first-order valence-electron chi connectivity index (χ1n) is 8.28. The number of rotatable bonds is 10. The summed E-state index contributed by atoms with van der Waals surface area (Å²) in [5.41, 5.74) is 0. The fraction of sp³-hybridized carbons (Fsp3) is 0.938. The number of hydrogen-bond acceptors (Lipinski definition) is 4. The Balaban J connectivity index is 0.00000441. The number of aliphatic carboxylic acids is 1. The van der Waals surface area contributed by atoms with E-state index in [1.807, 2.05) is 6.92 Å². The highest BCUT2D eigenvalue weighted by molar-refractivity contribution is 5.85. The third kappa shape index (κ3) is 8.93. The van der Waals surface area contributed by atoms with Crippen LogP contribution in [-0.2, 0) is 9.53 Å². The lowest BCUT2D eigenvalue weighted by Gasteiger charge is -2.37. The Bertz CT molecular complexity index is 295. The first kappa shape index (κ1) is 21.6. The number of halogens is 1. The van der Waals surface area contributed by atoms with Gasteiger partial charge in [0.2, 0.25) is 0 Å². The fourth-order valence-electron chi connectivity index (χ4n) is 2.80. The van der Waals surface area contributed by atoms with Crippen LogP contribution >= 0.6 is 12.4 Å². The van der Waals surface area contributed by atoms with E-state index in [0.29, 0.717) is 12.0 Å². The molecule has 1 aliphatic rings. The van der Waals surface area contributed by atoms with Crippen LogP contribution in [0, 0.1) is 5.92 Å². The number of hydrogen-bond donors (Lipinski definition) is 1. The van der Waals surface area contributed by atoms with Gasteiger partial charge in [-0.3, -0.25) is 9.69 Å². The normalized spacial score (nSPS) is 17.0. The highest BCUT2D eigenvalue weighted by atomic mass is 35.5. The summed E-state index contributed by atoms with van der Waals surface area (Å²) in [6.07, 6.45) is 3.25. The molecule has 1 N–H and O–H groups in total. The molecule has 0 aromatic heterocycles. The Morgan fingerprint density at radius 2 is 1.95 bits per heavy atom. The molecule has 0 aromatic carbocycles. The molecule has 0 saturated carbocycles. The number of likely N-dealkylation sites (N-methyl/N-ethyl adjacent to an activating group) is 1. The quantitative estimate of drug-likeness (QED) is 0.621. The summed E-state index contributed by atoms with van der Waals surface area (Å²) in [6.45, 7) is 12.2. The van der Waals surface area contributed by atoms with E-state index >= 15 is 0 Å². The first-order chi connectivity index (χ1) is 10.0. The average Bonchev–Trinajstić information content (AvgIpc) is 2.44. The third-order valence-electron chi connectivity index (χ3n) is 4.21. The van der Waals surface area contributed by atoms with Crippen LogP contribution in [-0.4, -0.2) is 72.9 Å². The monoisotopic (exact) mass is 336 g/mol. The molecule has 22 heavy (non-hydrogen) atoms. The van der Waals surface area contributed by atoms with Gasteiger partial charge in [-0.25, -0.2) is 0 Å². The van der Waals surface area contributed by atoms with Gasteiger partial charge in [0.1, 0.15) is 0 Å². The van der Waals surface area contributed by atoms with Gasteiger partial charge in [-0.15, -0.1) is 12.4 Å². The van der Waals surface area contributed by atoms with Crippen molar-refractivity contribution in [3.63, 3.8) is 0 Å². The maximum absolute atomic E-state index is 10.9. The van der Waals surface area contributed by atoms with Gasteiger partial charge in [-0.05, 0) is 44.8 Å². The van der Waals surface area contributed by atoms with Crippen molar-refractivity contribution in [3.05, 3.63) is 0 Å². The van der Waals surface area contributed by atoms with Gasteiger partial charge in [0.05, 0.1) is 13.2 Å². The summed E-state index contributed by atoms with van der Waals surface area (Å²) in [5.74, 6) is -0.0205. The summed E-state index contributed by atoms with van der Waals surface area (Å²) < 4.78 is 5.67. The SMILES string of the molecule is CCN(CC(=O)O)C1CCN(CCOCCC(C)C)CC1.Cl. The molecule has 5 nitrogen and oxygen atoms in total. The summed E-state index contributed by atoms with van der Waals surface area (Å²) in [6, 6.07) is 0.421. The molecule has 0 atom stereocenters. The molecule has 0 spiro atoms. The smallest absolute Gasteiger partial charge is 0.317 e. The Kier molecular flexibility index (Phi) is 11.9. The number of ether oxygens (including phenoxy) is 1. The number of carbonyl (C=O) groups is 1. The summed E-state index contributed by atoms with van der Waals surface area (Å²) in [4.78, 5) is 15.4. The minimum Gasteiger partial charge on any atom is -0.480 e. The van der Waals surface area contributed by atoms with Crippen LogP contribution in [0.25, 0.3) is 0 Å². The molecule has 0 aliphatic carbocycles. The largest absolute Gasteiger partial charge is 0.480 e. The molecular formula is C16H33ClN2O3. The lowest BCUT2D eigenvalue weighted by molar-refractivity contribution is -0.139. The van der Waals surface area contributed by atoms with E-state index in [-0.39, 0.29) is 19.0 Å². The van der Waals surface area contributed by atoms with Gasteiger partial charge >= 0.3 is 5.97 Å². The maximum atomic E-state index is 10.9. The Hall–Kier alpha value is -0.360. The molecule has 1 rings (SSSR count). The lowest BCUT2D eigenvalue weighted by atomic mass is 10.0. The van der Waals surface area contributed by atoms with Crippen molar-refractivity contribution in [2.75, 3.05) is 45.9 Å². The molecule has 0 radical (unpaired) electrons. The molecule has 0 bridgehead atoms. The van der Waals surface area contributed by atoms with Crippen molar-refractivity contribution >= 4 is 18.4 Å². The molecule has 6 heteroatoms. The van der Waals surface area contributed by atoms with E-state index in [1.165, 1.54) is 0 Å². The summed E-state index contributed by atoms with van der Waals surface area (Å²) in [7, 11) is 0. The second-order valence-electron chi connectivity index (χ2n) is 6.32. The second-order valence-corrected chi connectivity index (χ2v) is 6.32. The van der Waals surface area contributed by atoms with Crippen LogP contribution in [0.15, 0.2) is 0 Å². The van der Waals surface area contributed by atoms with Crippen molar-refractivity contribution in [2.24, 2.45) is 5.92 Å². The van der Waals surface area contributed by atoms with Crippen LogP contribution in [0.4, 0.5) is 0 Å². The predicted molar refractivity (Wildman–Crippen MR) is 91.9 cm³/mol. The minimum absolute atomic E-state index is 0. The van der Waals surface area contributed by atoms with Gasteiger partial charge < -0.3 is 14.7 Å². The van der Waals surface area contributed by atoms with E-state index in [4.69, 9.17) is 9.84 Å². The highest BCUT2D eigenvalue weighted by Gasteiger charge is 2.24. The molecule has 1 fully saturated rings. The molecule has 1 aliphatic heterocycles. The Morgan fingerprint density at radius 3 is 2.45 bits per heavy atom. The molecule has 0 unspecified atom stereocenters. The van der Waals surface area contributed by atoms with Gasteiger partial charge in [0, 0.05) is 19.2 Å². The van der Waals surface area contributed by atoms with Crippen molar-refractivity contribution in [2.45, 2.75) is 46.1 Å². The van der Waals surface area contributed by atoms with Crippen LogP contribution < -0.4 is 0 Å². The van der Waals surface area contributed by atoms with Crippen molar-refractivity contribution in [1.82, 2.24) is 9.80 Å². The van der Waals surface area contributed by atoms with E-state index in [1.54, 1.807) is 0 Å². The number of piperidine rings is 1. The number of likely N-dealkylation sites (tertiary alicyclic amines) is 1. The molecular weight excluding hydrogens is 304 g/mol. The standard InChI is InChI=1S/C16H32N2O3.ClH/c1-4-18(13-16(19)20)15-5-8-17(9-6-15)10-12-21-11-7-14(2)3;/h14-15H,4-13H2,1-3H3,(H,19,20);1H. The molecule has 0 amide bonds.